The SMILES string of the molecule is O=C([O-])C1=CN=N[C+]=C1. The highest BCUT2D eigenvalue weighted by Gasteiger charge is 2.06. The van der Waals surface area contributed by atoms with Gasteiger partial charge in [-0.2, -0.15) is 0 Å². The molecule has 0 unspecified atom stereocenters. The molecule has 4 nitrogen and oxygen atoms in total. The molecule has 0 bridgehead atoms. The molecule has 0 aromatic carbocycles. The zero-order valence-electron chi connectivity index (χ0n) is 4.37. The smallest absolute Gasteiger partial charge is 0.241 e. The Kier molecular flexibility index (Phi) is 1.34. The summed E-state index contributed by atoms with van der Waals surface area (Å²) < 4.78 is 0. The van der Waals surface area contributed by atoms with Gasteiger partial charge in [0.25, 0.3) is 0 Å². The predicted molar refractivity (Wildman–Crippen MR) is 25.8 cm³/mol. The average molecular weight is 122 g/mol. The van der Waals surface area contributed by atoms with Gasteiger partial charge in [0.05, 0.1) is 0 Å². The molecule has 1 rings (SSSR count). The highest BCUT2D eigenvalue weighted by molar-refractivity contribution is 5.87. The normalized spacial score (nSPS) is 14.4. The van der Waals surface area contributed by atoms with Crippen LogP contribution in [0, 0.1) is 6.20 Å². The lowest BCUT2D eigenvalue weighted by molar-refractivity contribution is -0.298. The summed E-state index contributed by atoms with van der Waals surface area (Å²) in [5.74, 6) is -1.26. The first-order valence-electron chi connectivity index (χ1n) is 2.21. The van der Waals surface area contributed by atoms with E-state index in [2.05, 4.69) is 16.4 Å². The van der Waals surface area contributed by atoms with Gasteiger partial charge in [-0.25, -0.2) is 0 Å². The Balaban J connectivity index is 2.84. The van der Waals surface area contributed by atoms with Crippen LogP contribution in [0.5, 0.6) is 0 Å². The summed E-state index contributed by atoms with van der Waals surface area (Å²) >= 11 is 0. The van der Waals surface area contributed by atoms with Crippen LogP contribution in [0.3, 0.4) is 0 Å². The molecule has 0 N–H and O–H groups in total. The number of hydrogen-bond acceptors (Lipinski definition) is 4. The molecular formula is C5H2N2O2. The third-order valence-electron chi connectivity index (χ3n) is 0.768. The summed E-state index contributed by atoms with van der Waals surface area (Å²) in [4.78, 5) is 10.0. The van der Waals surface area contributed by atoms with E-state index in [9.17, 15) is 9.90 Å². The van der Waals surface area contributed by atoms with Gasteiger partial charge in [-0.15, -0.1) is 5.11 Å². The van der Waals surface area contributed by atoms with E-state index in [1.807, 2.05) is 0 Å². The van der Waals surface area contributed by atoms with Gasteiger partial charge in [-0.1, -0.05) is 0 Å². The van der Waals surface area contributed by atoms with Crippen molar-refractivity contribution >= 4 is 5.97 Å². The number of carboxylic acid groups (broad SMARTS) is 1. The highest BCUT2D eigenvalue weighted by Crippen LogP contribution is 2.00. The molecule has 0 fully saturated rings. The van der Waals surface area contributed by atoms with E-state index in [-0.39, 0.29) is 5.57 Å². The fraction of sp³-hybridized carbons (Fsp3) is 0. The minimum Gasteiger partial charge on any atom is -0.526 e. The number of carbonyl (C=O) groups excluding carboxylic acids is 1. The van der Waals surface area contributed by atoms with E-state index in [4.69, 9.17) is 0 Å². The van der Waals surface area contributed by atoms with Gasteiger partial charge in [-0.3, -0.25) is 0 Å². The van der Waals surface area contributed by atoms with Gasteiger partial charge in [0.1, 0.15) is 6.20 Å². The second-order valence-corrected chi connectivity index (χ2v) is 1.36. The number of aliphatic carboxylic acids is 1. The Morgan fingerprint density at radius 1 is 1.78 bits per heavy atom. The summed E-state index contributed by atoms with van der Waals surface area (Å²) in [6, 6.07) is 0. The van der Waals surface area contributed by atoms with E-state index < -0.39 is 5.97 Å². The van der Waals surface area contributed by atoms with Gasteiger partial charge >= 0.3 is 0 Å². The second kappa shape index (κ2) is 2.15. The first kappa shape index (κ1) is 5.59. The Labute approximate surface area is 51.2 Å². The average Bonchev–Trinajstić information content (AvgIpc) is 1.90. The van der Waals surface area contributed by atoms with Gasteiger partial charge in [-0.05, 0) is 0 Å². The number of carbonyl (C=O) groups is 1. The molecule has 1 heterocycles. The van der Waals surface area contributed by atoms with Crippen molar-refractivity contribution in [3.8, 4) is 0 Å². The minimum absolute atomic E-state index is 0.00926. The summed E-state index contributed by atoms with van der Waals surface area (Å²) in [7, 11) is 0. The van der Waals surface area contributed by atoms with Crippen molar-refractivity contribution in [3.63, 3.8) is 0 Å². The molecule has 0 aliphatic carbocycles. The molecule has 0 saturated carbocycles. The molecule has 0 spiro atoms. The molecule has 0 atom stereocenters. The summed E-state index contributed by atoms with van der Waals surface area (Å²) in [5, 5.41) is 16.5. The molecule has 0 saturated heterocycles. The fourth-order valence-corrected chi connectivity index (χ4v) is 0.372. The van der Waals surface area contributed by atoms with Crippen LogP contribution in [0.25, 0.3) is 0 Å². The standard InChI is InChI=1S/C5H2N2O2/c8-5(9)4-1-2-6-7-3-4/h1,3H. The second-order valence-electron chi connectivity index (χ2n) is 1.36. The highest BCUT2D eigenvalue weighted by atomic mass is 16.4. The number of carboxylic acids is 1. The number of rotatable bonds is 1. The Hall–Kier alpha value is -1.54. The predicted octanol–water partition coefficient (Wildman–Crippen LogP) is -0.597. The van der Waals surface area contributed by atoms with Crippen LogP contribution < -0.4 is 5.11 Å². The minimum atomic E-state index is -1.26. The largest absolute Gasteiger partial charge is 0.526 e. The van der Waals surface area contributed by atoms with Gasteiger partial charge in [0.15, 0.2) is 17.6 Å². The number of azo groups is 1. The van der Waals surface area contributed by atoms with Crippen LogP contribution in [-0.2, 0) is 4.79 Å². The number of nitrogens with zero attached hydrogens (tertiary/aromatic N) is 2. The van der Waals surface area contributed by atoms with Crippen molar-refractivity contribution in [2.45, 2.75) is 0 Å². The van der Waals surface area contributed by atoms with E-state index in [0.29, 0.717) is 0 Å². The Morgan fingerprint density at radius 3 is 2.89 bits per heavy atom. The molecule has 0 amide bonds. The quantitative estimate of drug-likeness (QED) is 0.436. The van der Waals surface area contributed by atoms with Gasteiger partial charge in [0.2, 0.25) is 6.20 Å². The van der Waals surface area contributed by atoms with Crippen LogP contribution in [-0.4, -0.2) is 5.97 Å². The molecule has 0 aromatic rings. The molecule has 4 heteroatoms. The molecular weight excluding hydrogens is 120 g/mol. The molecule has 44 valence electrons. The third-order valence-corrected chi connectivity index (χ3v) is 0.768. The Bertz CT molecular complexity index is 215. The van der Waals surface area contributed by atoms with E-state index in [0.717, 1.165) is 6.20 Å². The van der Waals surface area contributed by atoms with Crippen LogP contribution in [0.15, 0.2) is 28.1 Å². The van der Waals surface area contributed by atoms with Crippen molar-refractivity contribution in [1.82, 2.24) is 0 Å². The lowest BCUT2D eigenvalue weighted by atomic mass is 10.3. The molecule has 1 aliphatic heterocycles. The summed E-state index contributed by atoms with van der Waals surface area (Å²) in [6.45, 7) is 0. The first-order chi connectivity index (χ1) is 4.30. The lowest BCUT2D eigenvalue weighted by Crippen LogP contribution is -2.23. The zero-order valence-corrected chi connectivity index (χ0v) is 4.37. The maximum absolute atomic E-state index is 10.0. The van der Waals surface area contributed by atoms with Crippen LogP contribution in [0.1, 0.15) is 0 Å². The monoisotopic (exact) mass is 122 g/mol. The van der Waals surface area contributed by atoms with Crippen LogP contribution in [0.4, 0.5) is 0 Å². The third kappa shape index (κ3) is 1.17. The molecule has 0 radical (unpaired) electrons. The zero-order chi connectivity index (χ0) is 6.69. The molecule has 9 heavy (non-hydrogen) atoms. The van der Waals surface area contributed by atoms with Crippen molar-refractivity contribution in [1.29, 1.82) is 0 Å². The van der Waals surface area contributed by atoms with Gasteiger partial charge < -0.3 is 9.90 Å². The van der Waals surface area contributed by atoms with E-state index in [1.165, 1.54) is 6.08 Å². The maximum Gasteiger partial charge on any atom is 0.241 e. The first-order valence-corrected chi connectivity index (χ1v) is 2.21. The van der Waals surface area contributed by atoms with Crippen LogP contribution >= 0.6 is 0 Å². The molecule has 1 aliphatic rings. The van der Waals surface area contributed by atoms with E-state index >= 15 is 0 Å². The fourth-order valence-electron chi connectivity index (χ4n) is 0.372. The number of hydrogen-bond donors (Lipinski definition) is 0. The summed E-state index contributed by atoms with van der Waals surface area (Å²) in [6.07, 6.45) is 4.56. The summed E-state index contributed by atoms with van der Waals surface area (Å²) in [5.41, 5.74) is -0.00926. The van der Waals surface area contributed by atoms with Crippen molar-refractivity contribution in [2.75, 3.05) is 0 Å². The van der Waals surface area contributed by atoms with Crippen molar-refractivity contribution in [3.05, 3.63) is 24.0 Å². The van der Waals surface area contributed by atoms with Crippen molar-refractivity contribution in [2.24, 2.45) is 10.2 Å². The molecule has 0 aromatic heterocycles. The van der Waals surface area contributed by atoms with E-state index in [1.54, 1.807) is 0 Å². The maximum atomic E-state index is 10.0. The lowest BCUT2D eigenvalue weighted by Gasteiger charge is -1.89. The Morgan fingerprint density at radius 2 is 2.56 bits per heavy atom. The van der Waals surface area contributed by atoms with Gasteiger partial charge in [0, 0.05) is 5.11 Å². The van der Waals surface area contributed by atoms with Crippen LogP contribution in [0.2, 0.25) is 0 Å². The topological polar surface area (TPSA) is 64.8 Å². The van der Waals surface area contributed by atoms with Crippen molar-refractivity contribution < 1.29 is 9.90 Å².